The second kappa shape index (κ2) is 4.99. The van der Waals surface area contributed by atoms with Crippen molar-refractivity contribution >= 4 is 28.7 Å². The Morgan fingerprint density at radius 1 is 1.19 bits per heavy atom. The molecule has 2 atom stereocenters. The molecule has 110 valence electrons. The number of Topliss-reactive ketones (excluding diaryl/α,β-unsaturated/α-hetero) is 2. The van der Waals surface area contributed by atoms with Crippen LogP contribution in [0.3, 0.4) is 0 Å². The molecule has 1 aromatic carbocycles. The molecule has 1 aromatic rings. The summed E-state index contributed by atoms with van der Waals surface area (Å²) < 4.78 is 0. The van der Waals surface area contributed by atoms with E-state index in [1.165, 1.54) is 0 Å². The number of rotatable bonds is 1. The summed E-state index contributed by atoms with van der Waals surface area (Å²) in [4.78, 5) is 24.3. The van der Waals surface area contributed by atoms with Gasteiger partial charge < -0.3 is 5.11 Å². The zero-order chi connectivity index (χ0) is 15.3. The molecule has 3 nitrogen and oxygen atoms in total. The third-order valence-electron chi connectivity index (χ3n) is 4.54. The quantitative estimate of drug-likeness (QED) is 0.858. The van der Waals surface area contributed by atoms with Crippen molar-refractivity contribution in [1.29, 1.82) is 0 Å². The van der Waals surface area contributed by atoms with Crippen LogP contribution >= 0.6 is 11.6 Å². The summed E-state index contributed by atoms with van der Waals surface area (Å²) in [5, 5.41) is 11.0. The van der Waals surface area contributed by atoms with E-state index in [2.05, 4.69) is 0 Å². The van der Waals surface area contributed by atoms with Crippen molar-refractivity contribution < 1.29 is 14.7 Å². The van der Waals surface area contributed by atoms with Gasteiger partial charge in [-0.15, -0.1) is 0 Å². The van der Waals surface area contributed by atoms with Crippen LogP contribution in [0.5, 0.6) is 0 Å². The van der Waals surface area contributed by atoms with Gasteiger partial charge >= 0.3 is 0 Å². The molecular formula is C17H17ClO3. The molecule has 1 saturated carbocycles. The van der Waals surface area contributed by atoms with Crippen molar-refractivity contribution in [3.8, 4) is 0 Å². The number of benzene rings is 1. The predicted octanol–water partition coefficient (Wildman–Crippen LogP) is 3.79. The second-order valence-corrected chi connectivity index (χ2v) is 6.46. The summed E-state index contributed by atoms with van der Waals surface area (Å²) in [6.45, 7) is 3.82. The van der Waals surface area contributed by atoms with Crippen molar-refractivity contribution in [3.63, 3.8) is 0 Å². The molecule has 3 rings (SSSR count). The summed E-state index contributed by atoms with van der Waals surface area (Å²) in [7, 11) is 0. The van der Waals surface area contributed by atoms with Crippen LogP contribution in [0.1, 0.15) is 36.0 Å². The highest BCUT2D eigenvalue weighted by atomic mass is 35.5. The number of fused-ring (bicyclic) bond motifs is 1. The molecule has 4 heteroatoms. The van der Waals surface area contributed by atoms with Crippen molar-refractivity contribution in [1.82, 2.24) is 0 Å². The summed E-state index contributed by atoms with van der Waals surface area (Å²) in [6, 6.07) is 3.74. The number of ketones is 2. The number of hydrogen-bond acceptors (Lipinski definition) is 3. The van der Waals surface area contributed by atoms with E-state index in [0.717, 1.165) is 11.1 Å². The highest BCUT2D eigenvalue weighted by molar-refractivity contribution is 6.36. The smallest absolute Gasteiger partial charge is 0.171 e. The van der Waals surface area contributed by atoms with Gasteiger partial charge in [0.1, 0.15) is 11.5 Å². The van der Waals surface area contributed by atoms with Gasteiger partial charge in [-0.05, 0) is 37.5 Å². The van der Waals surface area contributed by atoms with Gasteiger partial charge in [0.2, 0.25) is 0 Å². The van der Waals surface area contributed by atoms with E-state index in [0.29, 0.717) is 29.0 Å². The van der Waals surface area contributed by atoms with Gasteiger partial charge in [-0.25, -0.2) is 0 Å². The third-order valence-corrected chi connectivity index (χ3v) is 4.84. The standard InChI is InChI=1S/C17H17ClO3/c1-8-5-9(2)14(13(18)6-8)15-16(20)11-4-3-10(19)7-12(11)17(15)21/h5-6,11-12,20H,3-4,7H2,1-2H3. The van der Waals surface area contributed by atoms with Crippen LogP contribution in [0, 0.1) is 25.7 Å². The number of halogens is 1. The van der Waals surface area contributed by atoms with Gasteiger partial charge in [0, 0.05) is 35.3 Å². The van der Waals surface area contributed by atoms with E-state index in [1.807, 2.05) is 19.9 Å². The van der Waals surface area contributed by atoms with E-state index in [4.69, 9.17) is 11.6 Å². The molecule has 0 aliphatic heterocycles. The zero-order valence-electron chi connectivity index (χ0n) is 12.1. The van der Waals surface area contributed by atoms with E-state index in [1.54, 1.807) is 6.07 Å². The molecular weight excluding hydrogens is 288 g/mol. The molecule has 0 saturated heterocycles. The monoisotopic (exact) mass is 304 g/mol. The van der Waals surface area contributed by atoms with Gasteiger partial charge in [-0.3, -0.25) is 9.59 Å². The van der Waals surface area contributed by atoms with Crippen LogP contribution < -0.4 is 0 Å². The van der Waals surface area contributed by atoms with Crippen LogP contribution in [0.4, 0.5) is 0 Å². The van der Waals surface area contributed by atoms with Gasteiger partial charge in [0.15, 0.2) is 5.78 Å². The average molecular weight is 305 g/mol. The van der Waals surface area contributed by atoms with Crippen LogP contribution in [-0.2, 0) is 9.59 Å². The van der Waals surface area contributed by atoms with E-state index >= 15 is 0 Å². The minimum absolute atomic E-state index is 0.102. The molecule has 2 aliphatic rings. The number of aryl methyl sites for hydroxylation is 2. The molecule has 0 aromatic heterocycles. The topological polar surface area (TPSA) is 54.4 Å². The first-order chi connectivity index (χ1) is 9.90. The van der Waals surface area contributed by atoms with E-state index < -0.39 is 5.92 Å². The lowest BCUT2D eigenvalue weighted by molar-refractivity contribution is -0.128. The molecule has 0 heterocycles. The number of hydrogen-bond donors (Lipinski definition) is 1. The Morgan fingerprint density at radius 3 is 2.57 bits per heavy atom. The third kappa shape index (κ3) is 2.20. The molecule has 21 heavy (non-hydrogen) atoms. The highest BCUT2D eigenvalue weighted by Gasteiger charge is 2.46. The Morgan fingerprint density at radius 2 is 1.90 bits per heavy atom. The lowest BCUT2D eigenvalue weighted by Crippen LogP contribution is -2.27. The lowest BCUT2D eigenvalue weighted by atomic mass is 9.79. The van der Waals surface area contributed by atoms with Crippen LogP contribution in [-0.4, -0.2) is 16.7 Å². The largest absolute Gasteiger partial charge is 0.511 e. The fourth-order valence-corrected chi connectivity index (χ4v) is 4.01. The Balaban J connectivity index is 2.12. The Bertz CT molecular complexity index is 664. The maximum absolute atomic E-state index is 12.7. The first-order valence-corrected chi connectivity index (χ1v) is 7.54. The first-order valence-electron chi connectivity index (χ1n) is 7.16. The van der Waals surface area contributed by atoms with E-state index in [-0.39, 0.29) is 29.7 Å². The first kappa shape index (κ1) is 14.3. The Kier molecular flexibility index (Phi) is 3.40. The number of allylic oxidation sites excluding steroid dienone is 2. The van der Waals surface area contributed by atoms with Crippen molar-refractivity contribution in [2.24, 2.45) is 11.8 Å². The molecule has 0 amide bonds. The SMILES string of the molecule is Cc1cc(C)c(C2=C(O)C3CCC(=O)CC3C2=O)c(Cl)c1. The van der Waals surface area contributed by atoms with Crippen molar-refractivity contribution in [3.05, 3.63) is 39.6 Å². The fraction of sp³-hybridized carbons (Fsp3) is 0.412. The number of aliphatic hydroxyl groups excluding tert-OH is 1. The summed E-state index contributed by atoms with van der Waals surface area (Å²) in [5.74, 6) is -0.545. The zero-order valence-corrected chi connectivity index (χ0v) is 12.8. The molecule has 0 bridgehead atoms. The molecule has 1 N–H and O–H groups in total. The van der Waals surface area contributed by atoms with Crippen molar-refractivity contribution in [2.45, 2.75) is 33.1 Å². The minimum atomic E-state index is -0.405. The van der Waals surface area contributed by atoms with Crippen molar-refractivity contribution in [2.75, 3.05) is 0 Å². The number of carbonyl (C=O) groups excluding carboxylic acids is 2. The van der Waals surface area contributed by atoms with Gasteiger partial charge in [-0.2, -0.15) is 0 Å². The normalized spacial score (nSPS) is 25.5. The fourth-order valence-electron chi connectivity index (χ4n) is 3.59. The summed E-state index contributed by atoms with van der Waals surface area (Å²) in [6.07, 6.45) is 1.22. The Labute approximate surface area is 128 Å². The van der Waals surface area contributed by atoms with Gasteiger partial charge in [0.25, 0.3) is 0 Å². The predicted molar refractivity (Wildman–Crippen MR) is 81.3 cm³/mol. The molecule has 0 spiro atoms. The average Bonchev–Trinajstić information content (AvgIpc) is 2.62. The summed E-state index contributed by atoms with van der Waals surface area (Å²) in [5.41, 5.74) is 2.83. The van der Waals surface area contributed by atoms with E-state index in [9.17, 15) is 14.7 Å². The maximum Gasteiger partial charge on any atom is 0.171 e. The maximum atomic E-state index is 12.7. The lowest BCUT2D eigenvalue weighted by Gasteiger charge is -2.22. The van der Waals surface area contributed by atoms with Gasteiger partial charge in [0.05, 0.1) is 5.57 Å². The number of aliphatic hydroxyl groups is 1. The van der Waals surface area contributed by atoms with Crippen LogP contribution in [0.25, 0.3) is 5.57 Å². The highest BCUT2D eigenvalue weighted by Crippen LogP contribution is 2.46. The Hall–Kier alpha value is -1.61. The molecule has 2 aliphatic carbocycles. The second-order valence-electron chi connectivity index (χ2n) is 6.06. The molecule has 2 unspecified atom stereocenters. The van der Waals surface area contributed by atoms with Crippen LogP contribution in [0.2, 0.25) is 5.02 Å². The van der Waals surface area contributed by atoms with Crippen LogP contribution in [0.15, 0.2) is 17.9 Å². The minimum Gasteiger partial charge on any atom is -0.511 e. The molecule has 0 radical (unpaired) electrons. The summed E-state index contributed by atoms with van der Waals surface area (Å²) >= 11 is 6.31. The number of carbonyl (C=O) groups is 2. The molecule has 1 fully saturated rings. The van der Waals surface area contributed by atoms with Gasteiger partial charge in [-0.1, -0.05) is 17.7 Å².